The minimum absolute atomic E-state index is 0.137. The molecule has 0 aromatic carbocycles. The molecule has 1 aromatic rings. The van der Waals surface area contributed by atoms with E-state index in [-0.39, 0.29) is 17.5 Å². The lowest BCUT2D eigenvalue weighted by Crippen LogP contribution is -2.41. The number of nitrogens with two attached hydrogens (primary N) is 1. The number of nitrogens with zero attached hydrogens (tertiary/aromatic N) is 5. The van der Waals surface area contributed by atoms with E-state index in [1.54, 1.807) is 0 Å². The Morgan fingerprint density at radius 2 is 1.35 bits per heavy atom. The van der Waals surface area contributed by atoms with Gasteiger partial charge in [-0.3, -0.25) is 0 Å². The molecule has 20 heavy (non-hydrogen) atoms. The van der Waals surface area contributed by atoms with Crippen molar-refractivity contribution in [2.45, 2.75) is 12.8 Å². The highest BCUT2D eigenvalue weighted by atomic mass is 32.2. The van der Waals surface area contributed by atoms with Gasteiger partial charge in [0.25, 0.3) is 0 Å². The largest absolute Gasteiger partial charge is 0.368 e. The van der Waals surface area contributed by atoms with Crippen molar-refractivity contribution in [3.05, 3.63) is 0 Å². The van der Waals surface area contributed by atoms with Crippen LogP contribution in [-0.2, 0) is 9.84 Å². The maximum Gasteiger partial charge on any atom is 0.232 e. The molecule has 1 aromatic heterocycles. The number of rotatable bonds is 2. The minimum atomic E-state index is -2.91. The van der Waals surface area contributed by atoms with E-state index in [0.717, 1.165) is 25.9 Å². The molecule has 0 atom stereocenters. The molecule has 0 bridgehead atoms. The van der Waals surface area contributed by atoms with Crippen molar-refractivity contribution in [2.24, 2.45) is 0 Å². The second-order valence-electron chi connectivity index (χ2n) is 5.13. The van der Waals surface area contributed by atoms with Crippen molar-refractivity contribution in [3.8, 4) is 0 Å². The Labute approximate surface area is 117 Å². The second kappa shape index (κ2) is 5.04. The number of anilines is 3. The van der Waals surface area contributed by atoms with Crippen molar-refractivity contribution in [3.63, 3.8) is 0 Å². The van der Waals surface area contributed by atoms with E-state index in [0.29, 0.717) is 25.0 Å². The molecule has 2 fully saturated rings. The Morgan fingerprint density at radius 1 is 0.850 bits per heavy atom. The first kappa shape index (κ1) is 13.3. The summed E-state index contributed by atoms with van der Waals surface area (Å²) in [6.07, 6.45) is 2.26. The summed E-state index contributed by atoms with van der Waals surface area (Å²) < 4.78 is 22.9. The Kier molecular flexibility index (Phi) is 3.36. The first-order valence-electron chi connectivity index (χ1n) is 6.75. The molecule has 3 heterocycles. The molecule has 8 nitrogen and oxygen atoms in total. The highest BCUT2D eigenvalue weighted by Crippen LogP contribution is 2.20. The average Bonchev–Trinajstić information content (AvgIpc) is 2.91. The molecule has 110 valence electrons. The molecule has 2 aliphatic heterocycles. The van der Waals surface area contributed by atoms with Gasteiger partial charge in [0, 0.05) is 26.2 Å². The maximum absolute atomic E-state index is 11.5. The first-order chi connectivity index (χ1) is 9.53. The number of nitrogen functional groups attached to an aromatic ring is 1. The van der Waals surface area contributed by atoms with Crippen LogP contribution in [0.1, 0.15) is 12.8 Å². The molecule has 2 aliphatic rings. The first-order valence-corrected chi connectivity index (χ1v) is 8.57. The van der Waals surface area contributed by atoms with Crippen LogP contribution in [0.15, 0.2) is 0 Å². The summed E-state index contributed by atoms with van der Waals surface area (Å²) in [6, 6.07) is 0. The third kappa shape index (κ3) is 2.77. The zero-order valence-electron chi connectivity index (χ0n) is 11.2. The van der Waals surface area contributed by atoms with Crippen molar-refractivity contribution in [1.29, 1.82) is 0 Å². The Balaban J connectivity index is 1.82. The molecule has 0 unspecified atom stereocenters. The number of aromatic nitrogens is 3. The molecule has 0 amide bonds. The van der Waals surface area contributed by atoms with Gasteiger partial charge in [-0.1, -0.05) is 0 Å². The van der Waals surface area contributed by atoms with Gasteiger partial charge in [-0.15, -0.1) is 0 Å². The predicted octanol–water partition coefficient (Wildman–Crippen LogP) is -0.711. The number of hydrogen-bond acceptors (Lipinski definition) is 8. The minimum Gasteiger partial charge on any atom is -0.368 e. The summed E-state index contributed by atoms with van der Waals surface area (Å²) >= 11 is 0. The fraction of sp³-hybridized carbons (Fsp3) is 0.727. The van der Waals surface area contributed by atoms with Crippen molar-refractivity contribution < 1.29 is 8.42 Å². The van der Waals surface area contributed by atoms with E-state index in [2.05, 4.69) is 19.9 Å². The molecular weight excluding hydrogens is 280 g/mol. The van der Waals surface area contributed by atoms with Gasteiger partial charge in [-0.05, 0) is 12.8 Å². The van der Waals surface area contributed by atoms with E-state index >= 15 is 0 Å². The Hall–Kier alpha value is -1.64. The van der Waals surface area contributed by atoms with Crippen LogP contribution in [0.4, 0.5) is 17.8 Å². The van der Waals surface area contributed by atoms with Gasteiger partial charge in [0.05, 0.1) is 11.5 Å². The van der Waals surface area contributed by atoms with E-state index in [1.165, 1.54) is 0 Å². The van der Waals surface area contributed by atoms with Gasteiger partial charge in [0.2, 0.25) is 17.8 Å². The number of hydrogen-bond donors (Lipinski definition) is 1. The molecule has 2 saturated heterocycles. The predicted molar refractivity (Wildman–Crippen MR) is 76.6 cm³/mol. The van der Waals surface area contributed by atoms with Crippen molar-refractivity contribution in [2.75, 3.05) is 53.2 Å². The van der Waals surface area contributed by atoms with Crippen LogP contribution in [0.3, 0.4) is 0 Å². The quantitative estimate of drug-likeness (QED) is 0.763. The summed E-state index contributed by atoms with van der Waals surface area (Å²) in [5.41, 5.74) is 5.75. The Bertz CT molecular complexity index is 585. The summed E-state index contributed by atoms with van der Waals surface area (Å²) in [5.74, 6) is 1.54. The maximum atomic E-state index is 11.5. The van der Waals surface area contributed by atoms with Crippen LogP contribution in [0.2, 0.25) is 0 Å². The van der Waals surface area contributed by atoms with E-state index < -0.39 is 9.84 Å². The monoisotopic (exact) mass is 298 g/mol. The Morgan fingerprint density at radius 3 is 1.90 bits per heavy atom. The third-order valence-corrected chi connectivity index (χ3v) is 5.25. The van der Waals surface area contributed by atoms with Gasteiger partial charge in [0.15, 0.2) is 9.84 Å². The lowest BCUT2D eigenvalue weighted by Gasteiger charge is -2.27. The molecular formula is C11H18N6O2S. The molecule has 0 spiro atoms. The van der Waals surface area contributed by atoms with Gasteiger partial charge in [-0.25, -0.2) is 8.42 Å². The summed E-state index contributed by atoms with van der Waals surface area (Å²) in [6.45, 7) is 2.67. The van der Waals surface area contributed by atoms with E-state index in [9.17, 15) is 8.42 Å². The standard InChI is InChI=1S/C11H18N6O2S/c12-9-13-10(16-3-1-2-4-16)15-11(14-9)17-5-7-20(18,19)8-6-17/h1-8H2,(H2,12,13,14,15). The molecule has 0 saturated carbocycles. The lowest BCUT2D eigenvalue weighted by molar-refractivity contribution is 0.585. The van der Waals surface area contributed by atoms with Gasteiger partial charge >= 0.3 is 0 Å². The fourth-order valence-electron chi connectivity index (χ4n) is 2.48. The highest BCUT2D eigenvalue weighted by Gasteiger charge is 2.25. The molecule has 2 N–H and O–H groups in total. The zero-order valence-corrected chi connectivity index (χ0v) is 12.0. The normalized spacial score (nSPS) is 22.2. The van der Waals surface area contributed by atoms with Crippen LogP contribution < -0.4 is 15.5 Å². The van der Waals surface area contributed by atoms with E-state index in [4.69, 9.17) is 5.73 Å². The van der Waals surface area contributed by atoms with Crippen LogP contribution in [0.5, 0.6) is 0 Å². The van der Waals surface area contributed by atoms with Crippen LogP contribution in [0.25, 0.3) is 0 Å². The summed E-state index contributed by atoms with van der Waals surface area (Å²) in [7, 11) is -2.91. The molecule has 0 aliphatic carbocycles. The zero-order chi connectivity index (χ0) is 14.2. The van der Waals surface area contributed by atoms with E-state index in [1.807, 2.05) is 4.90 Å². The van der Waals surface area contributed by atoms with Crippen LogP contribution in [-0.4, -0.2) is 61.1 Å². The van der Waals surface area contributed by atoms with Crippen LogP contribution >= 0.6 is 0 Å². The van der Waals surface area contributed by atoms with Gasteiger partial charge in [-0.2, -0.15) is 15.0 Å². The van der Waals surface area contributed by atoms with Gasteiger partial charge < -0.3 is 15.5 Å². The van der Waals surface area contributed by atoms with Gasteiger partial charge in [0.1, 0.15) is 0 Å². The summed E-state index contributed by atoms with van der Waals surface area (Å²) in [4.78, 5) is 16.7. The third-order valence-electron chi connectivity index (χ3n) is 3.65. The topological polar surface area (TPSA) is 105 Å². The summed E-state index contributed by atoms with van der Waals surface area (Å²) in [5, 5.41) is 0. The SMILES string of the molecule is Nc1nc(N2CCCC2)nc(N2CCS(=O)(=O)CC2)n1. The molecule has 0 radical (unpaired) electrons. The number of sulfone groups is 1. The fourth-order valence-corrected chi connectivity index (χ4v) is 3.68. The smallest absolute Gasteiger partial charge is 0.232 e. The van der Waals surface area contributed by atoms with Crippen molar-refractivity contribution in [1.82, 2.24) is 15.0 Å². The van der Waals surface area contributed by atoms with Crippen LogP contribution in [0, 0.1) is 0 Å². The second-order valence-corrected chi connectivity index (χ2v) is 7.43. The van der Waals surface area contributed by atoms with Crippen molar-refractivity contribution >= 4 is 27.7 Å². The molecule has 9 heteroatoms. The average molecular weight is 298 g/mol. The molecule has 3 rings (SSSR count). The lowest BCUT2D eigenvalue weighted by atomic mass is 10.4. The highest BCUT2D eigenvalue weighted by molar-refractivity contribution is 7.91.